The molecular weight excluding hydrogens is 414 g/mol. The van der Waals surface area contributed by atoms with E-state index in [9.17, 15) is 0 Å². The highest BCUT2D eigenvalue weighted by molar-refractivity contribution is 7.99. The highest BCUT2D eigenvalue weighted by Gasteiger charge is 2.16. The first-order chi connectivity index (χ1) is 14.7. The molecule has 1 atom stereocenters. The molecule has 0 saturated carbocycles. The van der Waals surface area contributed by atoms with E-state index in [0.29, 0.717) is 13.1 Å². The monoisotopic (exact) mass is 437 g/mol. The van der Waals surface area contributed by atoms with E-state index in [1.54, 1.807) is 11.8 Å². The molecule has 154 valence electrons. The molecule has 0 spiro atoms. The lowest BCUT2D eigenvalue weighted by Gasteiger charge is -2.12. The Labute approximate surface area is 185 Å². The third-order valence-corrected chi connectivity index (χ3v) is 6.15. The molecule has 1 N–H and O–H groups in total. The molecular formula is C23H24ClN5S. The zero-order valence-corrected chi connectivity index (χ0v) is 18.4. The number of alkyl halides is 1. The fraction of sp³-hybridized carbons (Fsp3) is 0.261. The lowest BCUT2D eigenvalue weighted by atomic mass is 10.1. The number of benzene rings is 2. The Kier molecular flexibility index (Phi) is 6.87. The number of rotatable bonds is 9. The van der Waals surface area contributed by atoms with Gasteiger partial charge in [0.25, 0.3) is 0 Å². The van der Waals surface area contributed by atoms with Crippen LogP contribution >= 0.6 is 23.4 Å². The Balaban J connectivity index is 1.63. The van der Waals surface area contributed by atoms with Crippen LogP contribution < -0.4 is 5.32 Å². The van der Waals surface area contributed by atoms with E-state index in [1.807, 2.05) is 59.4 Å². The second-order valence-electron chi connectivity index (χ2n) is 6.98. The second-order valence-corrected chi connectivity index (χ2v) is 8.57. The first kappa shape index (κ1) is 20.7. The van der Waals surface area contributed by atoms with Gasteiger partial charge in [-0.1, -0.05) is 79.3 Å². The predicted octanol–water partition coefficient (Wildman–Crippen LogP) is 5.92. The van der Waals surface area contributed by atoms with Crippen molar-refractivity contribution in [3.8, 4) is 0 Å². The number of anilines is 1. The number of nitrogens with zero attached hydrogens (tertiary/aromatic N) is 4. The number of nitrogens with one attached hydrogen (secondary N) is 1. The predicted molar refractivity (Wildman–Crippen MR) is 125 cm³/mol. The second kappa shape index (κ2) is 9.96. The third-order valence-electron chi connectivity index (χ3n) is 4.71. The van der Waals surface area contributed by atoms with Crippen LogP contribution in [0.4, 0.5) is 5.82 Å². The van der Waals surface area contributed by atoms with Crippen LogP contribution in [0.25, 0.3) is 11.0 Å². The summed E-state index contributed by atoms with van der Waals surface area (Å²) in [4.78, 5) is 9.55. The first-order valence-electron chi connectivity index (χ1n) is 10.1. The van der Waals surface area contributed by atoms with Gasteiger partial charge in [0.2, 0.25) is 0 Å². The van der Waals surface area contributed by atoms with Crippen LogP contribution in [0, 0.1) is 0 Å². The van der Waals surface area contributed by atoms with E-state index in [4.69, 9.17) is 21.6 Å². The van der Waals surface area contributed by atoms with Crippen LogP contribution in [0.5, 0.6) is 0 Å². The lowest BCUT2D eigenvalue weighted by molar-refractivity contribution is 0.613. The van der Waals surface area contributed by atoms with Crippen molar-refractivity contribution in [3.05, 3.63) is 78.0 Å². The molecule has 0 radical (unpaired) electrons. The Morgan fingerprint density at radius 3 is 2.50 bits per heavy atom. The standard InChI is InChI=1S/C23H24ClN5S/c1-2-13-30-23-27-21(25-14-17-9-5-3-6-10-17)19-15-26-29(22(19)28-23)16-20(24)18-11-7-4-8-12-18/h3-12,15,20H,2,13-14,16H2,1H3,(H,25,27,28). The molecule has 4 aromatic rings. The molecule has 2 heterocycles. The summed E-state index contributed by atoms with van der Waals surface area (Å²) >= 11 is 8.34. The topological polar surface area (TPSA) is 55.6 Å². The van der Waals surface area contributed by atoms with Crippen LogP contribution in [0.15, 0.2) is 72.0 Å². The van der Waals surface area contributed by atoms with Crippen molar-refractivity contribution in [3.63, 3.8) is 0 Å². The number of fused-ring (bicyclic) bond motifs is 1. The molecule has 5 nitrogen and oxygen atoms in total. The van der Waals surface area contributed by atoms with Gasteiger partial charge in [0.15, 0.2) is 10.8 Å². The van der Waals surface area contributed by atoms with Gasteiger partial charge in [0.1, 0.15) is 5.82 Å². The number of halogens is 1. The lowest BCUT2D eigenvalue weighted by Crippen LogP contribution is -2.08. The van der Waals surface area contributed by atoms with Gasteiger partial charge in [-0.3, -0.25) is 0 Å². The summed E-state index contributed by atoms with van der Waals surface area (Å²) in [5.74, 6) is 1.78. The molecule has 7 heteroatoms. The minimum Gasteiger partial charge on any atom is -0.365 e. The first-order valence-corrected chi connectivity index (χ1v) is 11.5. The van der Waals surface area contributed by atoms with Gasteiger partial charge in [0, 0.05) is 12.3 Å². The van der Waals surface area contributed by atoms with Gasteiger partial charge in [-0.2, -0.15) is 5.10 Å². The smallest absolute Gasteiger partial charge is 0.191 e. The SMILES string of the molecule is CCCSc1nc(NCc2ccccc2)c2cnn(CC(Cl)c3ccccc3)c2n1. The molecule has 0 aliphatic rings. The molecule has 2 aromatic heterocycles. The van der Waals surface area contributed by atoms with Gasteiger partial charge >= 0.3 is 0 Å². The number of thioether (sulfide) groups is 1. The summed E-state index contributed by atoms with van der Waals surface area (Å²) in [6.45, 7) is 3.39. The van der Waals surface area contributed by atoms with Gasteiger partial charge in [-0.15, -0.1) is 11.6 Å². The number of aromatic nitrogens is 4. The molecule has 0 bridgehead atoms. The van der Waals surface area contributed by atoms with Crippen LogP contribution in [0.1, 0.15) is 29.8 Å². The highest BCUT2D eigenvalue weighted by atomic mass is 35.5. The molecule has 1 unspecified atom stereocenters. The average Bonchev–Trinajstić information content (AvgIpc) is 3.20. The largest absolute Gasteiger partial charge is 0.365 e. The van der Waals surface area contributed by atoms with E-state index >= 15 is 0 Å². The normalized spacial score (nSPS) is 12.2. The van der Waals surface area contributed by atoms with Crippen LogP contribution in [-0.2, 0) is 13.1 Å². The van der Waals surface area contributed by atoms with Crippen molar-refractivity contribution in [2.75, 3.05) is 11.1 Å². The summed E-state index contributed by atoms with van der Waals surface area (Å²) in [6.07, 6.45) is 2.89. The zero-order chi connectivity index (χ0) is 20.8. The summed E-state index contributed by atoms with van der Waals surface area (Å²) in [5.41, 5.74) is 3.07. The zero-order valence-electron chi connectivity index (χ0n) is 16.8. The summed E-state index contributed by atoms with van der Waals surface area (Å²) in [7, 11) is 0. The molecule has 2 aromatic carbocycles. The summed E-state index contributed by atoms with van der Waals surface area (Å²) in [6, 6.07) is 20.4. The van der Waals surface area contributed by atoms with E-state index in [2.05, 4.69) is 29.5 Å². The molecule has 0 aliphatic heterocycles. The van der Waals surface area contributed by atoms with E-state index in [1.165, 1.54) is 5.56 Å². The summed E-state index contributed by atoms with van der Waals surface area (Å²) < 4.78 is 1.88. The van der Waals surface area contributed by atoms with Crippen molar-refractivity contribution in [1.29, 1.82) is 0 Å². The van der Waals surface area contributed by atoms with Crippen molar-refractivity contribution >= 4 is 40.2 Å². The molecule has 0 saturated heterocycles. The fourth-order valence-corrected chi connectivity index (χ4v) is 4.13. The summed E-state index contributed by atoms with van der Waals surface area (Å²) in [5, 5.41) is 9.53. The van der Waals surface area contributed by atoms with E-state index in [-0.39, 0.29) is 5.38 Å². The number of hydrogen-bond acceptors (Lipinski definition) is 5. The van der Waals surface area contributed by atoms with Gasteiger partial charge in [0.05, 0.1) is 23.5 Å². The quantitative estimate of drug-likeness (QED) is 0.200. The van der Waals surface area contributed by atoms with Gasteiger partial charge in [-0.25, -0.2) is 14.6 Å². The molecule has 30 heavy (non-hydrogen) atoms. The van der Waals surface area contributed by atoms with Crippen molar-refractivity contribution in [2.45, 2.75) is 37.0 Å². The molecule has 4 rings (SSSR count). The van der Waals surface area contributed by atoms with Crippen molar-refractivity contribution in [2.24, 2.45) is 0 Å². The van der Waals surface area contributed by atoms with Crippen LogP contribution in [0.2, 0.25) is 0 Å². The Morgan fingerprint density at radius 2 is 1.77 bits per heavy atom. The fourth-order valence-electron chi connectivity index (χ4n) is 3.16. The molecule has 0 amide bonds. The number of hydrogen-bond donors (Lipinski definition) is 1. The highest BCUT2D eigenvalue weighted by Crippen LogP contribution is 2.28. The van der Waals surface area contributed by atoms with E-state index in [0.717, 1.165) is 39.7 Å². The van der Waals surface area contributed by atoms with Gasteiger partial charge < -0.3 is 5.32 Å². The maximum Gasteiger partial charge on any atom is 0.191 e. The average molecular weight is 438 g/mol. The third kappa shape index (κ3) is 4.94. The molecule has 0 aliphatic carbocycles. The van der Waals surface area contributed by atoms with Crippen LogP contribution in [-0.4, -0.2) is 25.5 Å². The maximum atomic E-state index is 6.68. The Morgan fingerprint density at radius 1 is 1.03 bits per heavy atom. The Bertz CT molecular complexity index is 1080. The van der Waals surface area contributed by atoms with Gasteiger partial charge in [-0.05, 0) is 17.5 Å². The van der Waals surface area contributed by atoms with Crippen LogP contribution in [0.3, 0.4) is 0 Å². The van der Waals surface area contributed by atoms with E-state index < -0.39 is 0 Å². The van der Waals surface area contributed by atoms with Crippen molar-refractivity contribution < 1.29 is 0 Å². The minimum absolute atomic E-state index is 0.184. The minimum atomic E-state index is -0.184. The maximum absolute atomic E-state index is 6.68. The van der Waals surface area contributed by atoms with Crippen molar-refractivity contribution in [1.82, 2.24) is 19.7 Å². The Hall–Kier alpha value is -2.57. The molecule has 0 fully saturated rings.